The monoisotopic (exact) mass is 419 g/mol. The molecule has 1 aromatic rings. The number of halogens is 1. The van der Waals surface area contributed by atoms with Crippen molar-refractivity contribution in [2.24, 2.45) is 10.9 Å². The zero-order chi connectivity index (χ0) is 15.1. The number of rotatable bonds is 7. The quantitative estimate of drug-likeness (QED) is 0.308. The lowest BCUT2D eigenvalue weighted by molar-refractivity contribution is 0.355. The van der Waals surface area contributed by atoms with E-state index in [4.69, 9.17) is 9.47 Å². The topological polar surface area (TPSA) is 54.9 Å². The van der Waals surface area contributed by atoms with Crippen molar-refractivity contribution in [3.8, 4) is 11.5 Å². The van der Waals surface area contributed by atoms with E-state index >= 15 is 0 Å². The summed E-state index contributed by atoms with van der Waals surface area (Å²) in [7, 11) is 5.04. The van der Waals surface area contributed by atoms with Gasteiger partial charge in [-0.25, -0.2) is 0 Å². The predicted molar refractivity (Wildman–Crippen MR) is 102 cm³/mol. The summed E-state index contributed by atoms with van der Waals surface area (Å²) in [6.45, 7) is 0.948. The van der Waals surface area contributed by atoms with E-state index in [1.807, 2.05) is 18.2 Å². The van der Waals surface area contributed by atoms with Crippen LogP contribution in [0.25, 0.3) is 0 Å². The number of aliphatic imine (C=N–C) groups is 1. The molecule has 0 heterocycles. The molecule has 0 amide bonds. The highest BCUT2D eigenvalue weighted by Crippen LogP contribution is 2.33. The van der Waals surface area contributed by atoms with Crippen molar-refractivity contribution in [2.45, 2.75) is 25.7 Å². The van der Waals surface area contributed by atoms with E-state index in [2.05, 4.69) is 15.6 Å². The zero-order valence-corrected chi connectivity index (χ0v) is 15.8. The number of benzene rings is 1. The van der Waals surface area contributed by atoms with Crippen LogP contribution in [0.2, 0.25) is 0 Å². The maximum absolute atomic E-state index is 5.30. The van der Waals surface area contributed by atoms with Gasteiger partial charge in [0.2, 0.25) is 0 Å². The number of ether oxygens (including phenoxy) is 2. The largest absolute Gasteiger partial charge is 0.493 e. The van der Waals surface area contributed by atoms with Gasteiger partial charge < -0.3 is 20.1 Å². The molecule has 0 atom stereocenters. The van der Waals surface area contributed by atoms with Gasteiger partial charge in [-0.2, -0.15) is 0 Å². The van der Waals surface area contributed by atoms with E-state index in [0.29, 0.717) is 5.75 Å². The molecule has 6 heteroatoms. The highest BCUT2D eigenvalue weighted by molar-refractivity contribution is 14.0. The van der Waals surface area contributed by atoms with E-state index < -0.39 is 0 Å². The Morgan fingerprint density at radius 3 is 2.55 bits per heavy atom. The van der Waals surface area contributed by atoms with Gasteiger partial charge in [-0.15, -0.1) is 24.0 Å². The van der Waals surface area contributed by atoms with E-state index in [0.717, 1.165) is 29.9 Å². The van der Waals surface area contributed by atoms with Crippen molar-refractivity contribution in [3.63, 3.8) is 0 Å². The van der Waals surface area contributed by atoms with Gasteiger partial charge in [0.15, 0.2) is 17.5 Å². The number of guanidine groups is 1. The molecule has 1 fully saturated rings. The molecule has 0 spiro atoms. The molecule has 0 aromatic heterocycles. The molecule has 0 unspecified atom stereocenters. The summed E-state index contributed by atoms with van der Waals surface area (Å²) in [5, 5.41) is 6.60. The Bertz CT molecular complexity index is 490. The summed E-state index contributed by atoms with van der Waals surface area (Å²) >= 11 is 0. The minimum atomic E-state index is 0. The predicted octanol–water partition coefficient (Wildman–Crippen LogP) is 3.50. The number of nitrogens with zero attached hydrogens (tertiary/aromatic N) is 1. The van der Waals surface area contributed by atoms with E-state index in [-0.39, 0.29) is 24.0 Å². The van der Waals surface area contributed by atoms with Crippen LogP contribution in [0.3, 0.4) is 0 Å². The standard InChI is InChI=1S/C16H25N3O2.HI/c1-17-16(18-10-4-5-12-6-7-12)19-13-8-9-14(20-2)15(11-13)21-3;/h8-9,11-12H,4-7,10H2,1-3H3,(H2,17,18,19);1H. The minimum Gasteiger partial charge on any atom is -0.493 e. The van der Waals surface area contributed by atoms with Crippen molar-refractivity contribution in [2.75, 3.05) is 33.1 Å². The van der Waals surface area contributed by atoms with Crippen LogP contribution < -0.4 is 20.1 Å². The van der Waals surface area contributed by atoms with Crippen LogP contribution in [0.5, 0.6) is 11.5 Å². The smallest absolute Gasteiger partial charge is 0.195 e. The van der Waals surface area contributed by atoms with Crippen molar-refractivity contribution >= 4 is 35.6 Å². The third kappa shape index (κ3) is 5.90. The van der Waals surface area contributed by atoms with Gasteiger partial charge in [-0.3, -0.25) is 4.99 Å². The summed E-state index contributed by atoms with van der Waals surface area (Å²) in [5.41, 5.74) is 0.919. The fraction of sp³-hybridized carbons (Fsp3) is 0.562. The molecule has 5 nitrogen and oxygen atoms in total. The lowest BCUT2D eigenvalue weighted by atomic mass is 10.2. The minimum absolute atomic E-state index is 0. The Hall–Kier alpha value is -1.18. The van der Waals surface area contributed by atoms with Crippen molar-refractivity contribution in [1.29, 1.82) is 0 Å². The van der Waals surface area contributed by atoms with Gasteiger partial charge in [0.25, 0.3) is 0 Å². The van der Waals surface area contributed by atoms with Crippen molar-refractivity contribution in [3.05, 3.63) is 18.2 Å². The van der Waals surface area contributed by atoms with Gasteiger partial charge in [-0.05, 0) is 30.9 Å². The Kier molecular flexibility index (Phi) is 8.37. The molecule has 1 saturated carbocycles. The number of hydrogen-bond donors (Lipinski definition) is 2. The summed E-state index contributed by atoms with van der Waals surface area (Å²) < 4.78 is 10.5. The summed E-state index contributed by atoms with van der Waals surface area (Å²) in [5.74, 6) is 3.17. The Labute approximate surface area is 149 Å². The number of anilines is 1. The highest BCUT2D eigenvalue weighted by atomic mass is 127. The van der Waals surface area contributed by atoms with E-state index in [1.54, 1.807) is 21.3 Å². The summed E-state index contributed by atoms with van der Waals surface area (Å²) in [4.78, 5) is 4.24. The molecule has 1 aliphatic rings. The number of methoxy groups -OCH3 is 2. The van der Waals surface area contributed by atoms with Crippen LogP contribution in [0.1, 0.15) is 25.7 Å². The summed E-state index contributed by atoms with van der Waals surface area (Å²) in [6.07, 6.45) is 5.34. The molecule has 0 radical (unpaired) electrons. The van der Waals surface area contributed by atoms with E-state index in [1.165, 1.54) is 25.7 Å². The van der Waals surface area contributed by atoms with Crippen LogP contribution in [-0.2, 0) is 0 Å². The molecular weight excluding hydrogens is 393 g/mol. The fourth-order valence-corrected chi connectivity index (χ4v) is 2.23. The second-order valence-corrected chi connectivity index (χ2v) is 5.28. The molecule has 1 aliphatic carbocycles. The van der Waals surface area contributed by atoms with Gasteiger partial charge in [0.1, 0.15) is 0 Å². The molecule has 0 saturated heterocycles. The van der Waals surface area contributed by atoms with Crippen LogP contribution in [-0.4, -0.2) is 33.8 Å². The van der Waals surface area contributed by atoms with Gasteiger partial charge in [-0.1, -0.05) is 12.8 Å². The SMILES string of the molecule is CN=C(NCCCC1CC1)Nc1ccc(OC)c(OC)c1.I. The molecule has 2 rings (SSSR count). The molecule has 0 aliphatic heterocycles. The van der Waals surface area contributed by atoms with Crippen molar-refractivity contribution < 1.29 is 9.47 Å². The summed E-state index contributed by atoms with van der Waals surface area (Å²) in [6, 6.07) is 5.72. The molecule has 124 valence electrons. The van der Waals surface area contributed by atoms with Crippen LogP contribution in [0, 0.1) is 5.92 Å². The zero-order valence-electron chi connectivity index (χ0n) is 13.5. The first-order valence-corrected chi connectivity index (χ1v) is 7.46. The fourth-order valence-electron chi connectivity index (χ4n) is 2.23. The molecular formula is C16H26IN3O2. The van der Waals surface area contributed by atoms with Gasteiger partial charge >= 0.3 is 0 Å². The Morgan fingerprint density at radius 2 is 1.95 bits per heavy atom. The number of hydrogen-bond acceptors (Lipinski definition) is 3. The van der Waals surface area contributed by atoms with Crippen molar-refractivity contribution in [1.82, 2.24) is 5.32 Å². The molecule has 0 bridgehead atoms. The van der Waals surface area contributed by atoms with Gasteiger partial charge in [0, 0.05) is 25.3 Å². The first-order chi connectivity index (χ1) is 10.3. The van der Waals surface area contributed by atoms with Crippen LogP contribution in [0.15, 0.2) is 23.2 Å². The second-order valence-electron chi connectivity index (χ2n) is 5.28. The normalized spacial score (nSPS) is 14.0. The van der Waals surface area contributed by atoms with Crippen LogP contribution in [0.4, 0.5) is 5.69 Å². The Balaban J connectivity index is 0.00000242. The first kappa shape index (κ1) is 18.9. The molecule has 1 aromatic carbocycles. The van der Waals surface area contributed by atoms with Crippen LogP contribution >= 0.6 is 24.0 Å². The third-order valence-corrected chi connectivity index (χ3v) is 3.65. The maximum atomic E-state index is 5.30. The average Bonchev–Trinajstić information content (AvgIpc) is 3.34. The second kappa shape index (κ2) is 9.76. The first-order valence-electron chi connectivity index (χ1n) is 7.46. The third-order valence-electron chi connectivity index (χ3n) is 3.65. The lowest BCUT2D eigenvalue weighted by Gasteiger charge is -2.14. The number of nitrogens with one attached hydrogen (secondary N) is 2. The maximum Gasteiger partial charge on any atom is 0.195 e. The molecule has 2 N–H and O–H groups in total. The average molecular weight is 419 g/mol. The lowest BCUT2D eigenvalue weighted by Crippen LogP contribution is -2.31. The van der Waals surface area contributed by atoms with Gasteiger partial charge in [0.05, 0.1) is 14.2 Å². The molecule has 22 heavy (non-hydrogen) atoms. The van der Waals surface area contributed by atoms with E-state index in [9.17, 15) is 0 Å². The Morgan fingerprint density at radius 1 is 1.23 bits per heavy atom. The highest BCUT2D eigenvalue weighted by Gasteiger charge is 2.19.